The van der Waals surface area contributed by atoms with E-state index >= 15 is 0 Å². The summed E-state index contributed by atoms with van der Waals surface area (Å²) in [4.78, 5) is 40.1. The zero-order valence-corrected chi connectivity index (χ0v) is 21.7. The number of carbonyl (C=O) groups excluding carboxylic acids is 3. The van der Waals surface area contributed by atoms with E-state index in [1.165, 1.54) is 18.3 Å². The summed E-state index contributed by atoms with van der Waals surface area (Å²) in [6.45, 7) is 9.25. The maximum Gasteiger partial charge on any atom is 0.163 e. The summed E-state index contributed by atoms with van der Waals surface area (Å²) >= 11 is 1.40. The summed E-state index contributed by atoms with van der Waals surface area (Å²) in [5.41, 5.74) is 1.13. The Bertz CT molecular complexity index is 1240. The highest BCUT2D eigenvalue weighted by molar-refractivity contribution is 7.15. The largest absolute Gasteiger partial charge is 0.512 e. The van der Waals surface area contributed by atoms with Crippen molar-refractivity contribution in [2.75, 3.05) is 0 Å². The van der Waals surface area contributed by atoms with E-state index in [1.54, 1.807) is 6.07 Å². The molecule has 0 saturated carbocycles. The van der Waals surface area contributed by atoms with Crippen molar-refractivity contribution in [3.63, 3.8) is 0 Å². The topological polar surface area (TPSA) is 91.7 Å². The van der Waals surface area contributed by atoms with Gasteiger partial charge in [0.15, 0.2) is 17.3 Å². The highest BCUT2D eigenvalue weighted by atomic mass is 32.1. The Kier molecular flexibility index (Phi) is 6.39. The van der Waals surface area contributed by atoms with Crippen LogP contribution >= 0.6 is 11.3 Å². The summed E-state index contributed by atoms with van der Waals surface area (Å²) in [5, 5.41) is 22.1. The van der Waals surface area contributed by atoms with Crippen LogP contribution in [0.15, 0.2) is 59.1 Å². The van der Waals surface area contributed by atoms with Gasteiger partial charge in [-0.1, -0.05) is 45.9 Å². The summed E-state index contributed by atoms with van der Waals surface area (Å²) in [7, 11) is 0. The summed E-state index contributed by atoms with van der Waals surface area (Å²) in [6.07, 6.45) is 1.18. The van der Waals surface area contributed by atoms with Gasteiger partial charge in [-0.2, -0.15) is 0 Å². The van der Waals surface area contributed by atoms with Crippen LogP contribution in [0.3, 0.4) is 0 Å². The average Bonchev–Trinajstić information content (AvgIpc) is 3.20. The van der Waals surface area contributed by atoms with Crippen LogP contribution in [0.5, 0.6) is 0 Å². The van der Waals surface area contributed by atoms with Crippen molar-refractivity contribution < 1.29 is 24.6 Å². The second-order valence-electron chi connectivity index (χ2n) is 11.4. The molecular formula is C29H32O5S. The van der Waals surface area contributed by atoms with Crippen molar-refractivity contribution in [3.05, 3.63) is 69.5 Å². The molecule has 0 amide bonds. The minimum atomic E-state index is -0.822. The zero-order valence-electron chi connectivity index (χ0n) is 20.9. The molecule has 184 valence electrons. The Hall–Kier alpha value is -2.99. The first-order valence-electron chi connectivity index (χ1n) is 11.9. The van der Waals surface area contributed by atoms with Gasteiger partial charge in [-0.25, -0.2) is 0 Å². The van der Waals surface area contributed by atoms with E-state index in [9.17, 15) is 24.6 Å². The van der Waals surface area contributed by atoms with Crippen molar-refractivity contribution >= 4 is 28.7 Å². The van der Waals surface area contributed by atoms with E-state index in [2.05, 4.69) is 0 Å². The second-order valence-corrected chi connectivity index (χ2v) is 12.5. The van der Waals surface area contributed by atoms with Crippen molar-refractivity contribution in [2.45, 2.75) is 66.2 Å². The summed E-state index contributed by atoms with van der Waals surface area (Å²) < 4.78 is 0. The Morgan fingerprint density at radius 2 is 1.40 bits per heavy atom. The van der Waals surface area contributed by atoms with Gasteiger partial charge in [0.1, 0.15) is 11.5 Å². The fourth-order valence-corrected chi connectivity index (χ4v) is 6.37. The number of benzene rings is 1. The number of Topliss-reactive ketones (excluding diaryl/α,β-unsaturated/α-hetero) is 3. The van der Waals surface area contributed by atoms with Crippen LogP contribution in [0.1, 0.15) is 81.5 Å². The van der Waals surface area contributed by atoms with E-state index in [0.29, 0.717) is 23.3 Å². The van der Waals surface area contributed by atoms with Crippen molar-refractivity contribution in [1.29, 1.82) is 0 Å². The maximum atomic E-state index is 13.3. The van der Waals surface area contributed by atoms with Gasteiger partial charge in [0, 0.05) is 52.1 Å². The fraction of sp³-hybridized carbons (Fsp3) is 0.414. The number of aliphatic hydroxyl groups is 2. The lowest BCUT2D eigenvalue weighted by molar-refractivity contribution is -0.119. The molecule has 35 heavy (non-hydrogen) atoms. The smallest absolute Gasteiger partial charge is 0.163 e. The Labute approximate surface area is 210 Å². The number of aliphatic hydroxyl groups excluding tert-OH is 2. The molecule has 0 aliphatic heterocycles. The average molecular weight is 493 g/mol. The number of thiophene rings is 1. The molecule has 2 N–H and O–H groups in total. The third kappa shape index (κ3) is 5.03. The lowest BCUT2D eigenvalue weighted by atomic mass is 9.68. The first-order chi connectivity index (χ1) is 16.3. The van der Waals surface area contributed by atoms with Crippen molar-refractivity contribution in [2.24, 2.45) is 10.8 Å². The molecule has 2 aliphatic rings. The number of carbonyl (C=O) groups is 3. The minimum absolute atomic E-state index is 0.0114. The molecule has 0 fully saturated rings. The van der Waals surface area contributed by atoms with Crippen LogP contribution < -0.4 is 0 Å². The fourth-order valence-electron chi connectivity index (χ4n) is 5.24. The van der Waals surface area contributed by atoms with Crippen LogP contribution in [0.25, 0.3) is 10.4 Å². The molecule has 0 unspecified atom stereocenters. The molecule has 0 atom stereocenters. The first kappa shape index (κ1) is 25.1. The molecule has 1 aromatic heterocycles. The van der Waals surface area contributed by atoms with Crippen molar-refractivity contribution in [3.8, 4) is 10.4 Å². The number of ketones is 3. The SMILES string of the molecule is CC(=O)c1cccc(-c2ccc(C(C3=C(O)CC(C)(C)CC3=O)C3=C(O)CC(C)(C)CC3=O)s2)c1. The Morgan fingerprint density at radius 1 is 0.857 bits per heavy atom. The van der Waals surface area contributed by atoms with E-state index in [0.717, 1.165) is 10.4 Å². The van der Waals surface area contributed by atoms with Gasteiger partial charge in [-0.05, 0) is 41.5 Å². The van der Waals surface area contributed by atoms with E-state index in [-0.39, 0.29) is 63.7 Å². The molecule has 6 heteroatoms. The molecule has 0 saturated heterocycles. The number of rotatable bonds is 5. The molecule has 5 nitrogen and oxygen atoms in total. The van der Waals surface area contributed by atoms with Gasteiger partial charge >= 0.3 is 0 Å². The predicted octanol–water partition coefficient (Wildman–Crippen LogP) is 7.10. The van der Waals surface area contributed by atoms with Crippen LogP contribution in [-0.4, -0.2) is 27.6 Å². The molecule has 0 radical (unpaired) electrons. The van der Waals surface area contributed by atoms with Crippen molar-refractivity contribution in [1.82, 2.24) is 0 Å². The summed E-state index contributed by atoms with van der Waals surface area (Å²) in [5.74, 6) is -1.27. The molecule has 2 aromatic rings. The third-order valence-electron chi connectivity index (χ3n) is 6.84. The Balaban J connectivity index is 1.88. The van der Waals surface area contributed by atoms with E-state index < -0.39 is 5.92 Å². The molecular weight excluding hydrogens is 460 g/mol. The second kappa shape index (κ2) is 8.90. The molecule has 1 heterocycles. The molecule has 0 bridgehead atoms. The number of hydrogen-bond acceptors (Lipinski definition) is 6. The molecule has 1 aromatic carbocycles. The molecule has 2 aliphatic carbocycles. The first-order valence-corrected chi connectivity index (χ1v) is 12.7. The van der Waals surface area contributed by atoms with Crippen LogP contribution in [-0.2, 0) is 9.59 Å². The summed E-state index contributed by atoms with van der Waals surface area (Å²) in [6, 6.07) is 11.1. The minimum Gasteiger partial charge on any atom is -0.512 e. The van der Waals surface area contributed by atoms with E-state index in [1.807, 2.05) is 58.0 Å². The van der Waals surface area contributed by atoms with Gasteiger partial charge in [0.2, 0.25) is 0 Å². The van der Waals surface area contributed by atoms with Gasteiger partial charge < -0.3 is 10.2 Å². The van der Waals surface area contributed by atoms with Crippen LogP contribution in [0.4, 0.5) is 0 Å². The molecule has 4 rings (SSSR count). The third-order valence-corrected chi connectivity index (χ3v) is 8.03. The quantitative estimate of drug-likeness (QED) is 0.434. The van der Waals surface area contributed by atoms with E-state index in [4.69, 9.17) is 0 Å². The van der Waals surface area contributed by atoms with Crippen LogP contribution in [0, 0.1) is 10.8 Å². The lowest BCUT2D eigenvalue weighted by Gasteiger charge is -2.36. The van der Waals surface area contributed by atoms with Gasteiger partial charge in [0.05, 0.1) is 5.92 Å². The normalized spacial score (nSPS) is 20.1. The molecule has 0 spiro atoms. The van der Waals surface area contributed by atoms with Gasteiger partial charge in [-0.15, -0.1) is 11.3 Å². The zero-order chi connectivity index (χ0) is 25.7. The van der Waals surface area contributed by atoms with Crippen LogP contribution in [0.2, 0.25) is 0 Å². The predicted molar refractivity (Wildman–Crippen MR) is 138 cm³/mol. The number of allylic oxidation sites excluding steroid dienone is 4. The van der Waals surface area contributed by atoms with Gasteiger partial charge in [0.25, 0.3) is 0 Å². The Morgan fingerprint density at radius 3 is 1.89 bits per heavy atom. The maximum absolute atomic E-state index is 13.3. The highest BCUT2D eigenvalue weighted by Crippen LogP contribution is 2.49. The standard InChI is InChI=1S/C29H32O5S/c1-16(30)17-7-6-8-18(11-17)23-9-10-24(35-23)27(25-19(31)12-28(2,3)13-20(25)32)26-21(33)14-29(4,5)15-22(26)34/h6-11,27,31,33H,12-15H2,1-5H3. The lowest BCUT2D eigenvalue weighted by Crippen LogP contribution is -2.33. The number of hydrogen-bond donors (Lipinski definition) is 2. The monoisotopic (exact) mass is 492 g/mol. The van der Waals surface area contributed by atoms with Gasteiger partial charge in [-0.3, -0.25) is 14.4 Å². The highest BCUT2D eigenvalue weighted by Gasteiger charge is 2.44.